The zero-order valence-electron chi connectivity index (χ0n) is 14.7. The summed E-state index contributed by atoms with van der Waals surface area (Å²) in [6.07, 6.45) is 5.32. The van der Waals surface area contributed by atoms with Gasteiger partial charge in [0, 0.05) is 39.6 Å². The van der Waals surface area contributed by atoms with E-state index < -0.39 is 0 Å². The molecule has 0 radical (unpaired) electrons. The number of hydrogen-bond donors (Lipinski definition) is 2. The summed E-state index contributed by atoms with van der Waals surface area (Å²) in [6, 6.07) is 4.96. The van der Waals surface area contributed by atoms with E-state index in [1.54, 1.807) is 32.0 Å². The maximum absolute atomic E-state index is 13.4. The Labute approximate surface area is 166 Å². The number of rotatable bonds is 10. The number of benzene rings is 1. The molecule has 0 aliphatic rings. The van der Waals surface area contributed by atoms with Crippen LogP contribution in [0.1, 0.15) is 30.4 Å². The van der Waals surface area contributed by atoms with Crippen LogP contribution in [0.15, 0.2) is 23.2 Å². The zero-order valence-corrected chi connectivity index (χ0v) is 17.9. The Morgan fingerprint density at radius 1 is 1.21 bits per heavy atom. The second-order valence-electron chi connectivity index (χ2n) is 5.25. The molecule has 0 saturated heterocycles. The van der Waals surface area contributed by atoms with Crippen LogP contribution in [-0.2, 0) is 17.0 Å². The molecule has 1 aromatic carbocycles. The fourth-order valence-electron chi connectivity index (χ4n) is 2.21. The number of halogens is 2. The van der Waals surface area contributed by atoms with Gasteiger partial charge in [-0.15, -0.1) is 24.0 Å². The predicted octanol–water partition coefficient (Wildman–Crippen LogP) is 3.79. The number of ether oxygens (including phenoxy) is 1. The molecule has 0 heterocycles. The summed E-state index contributed by atoms with van der Waals surface area (Å²) in [6.45, 7) is 2.33. The summed E-state index contributed by atoms with van der Waals surface area (Å²) in [5.74, 6) is 1.40. The lowest BCUT2D eigenvalue weighted by Crippen LogP contribution is -2.37. The average Bonchev–Trinajstić information content (AvgIpc) is 2.55. The molecule has 24 heavy (non-hydrogen) atoms. The molecule has 0 atom stereocenters. The van der Waals surface area contributed by atoms with Crippen LogP contribution in [0.2, 0.25) is 0 Å². The Morgan fingerprint density at radius 3 is 2.67 bits per heavy atom. The van der Waals surface area contributed by atoms with Crippen molar-refractivity contribution in [3.63, 3.8) is 0 Å². The molecule has 0 saturated carbocycles. The molecule has 4 nitrogen and oxygen atoms in total. The highest BCUT2D eigenvalue weighted by Gasteiger charge is 2.05. The molecular formula is C17H29FIN3OS. The van der Waals surface area contributed by atoms with Gasteiger partial charge in [-0.2, -0.15) is 11.8 Å². The number of unbranched alkanes of at least 4 members (excludes halogenated alkanes) is 2. The molecule has 0 unspecified atom stereocenters. The third kappa shape index (κ3) is 9.68. The van der Waals surface area contributed by atoms with Crippen LogP contribution in [0.5, 0.6) is 0 Å². The number of nitrogens with one attached hydrogen (secondary N) is 2. The van der Waals surface area contributed by atoms with E-state index in [0.29, 0.717) is 6.54 Å². The van der Waals surface area contributed by atoms with Crippen molar-refractivity contribution in [2.45, 2.75) is 31.6 Å². The normalized spacial score (nSPS) is 11.1. The minimum absolute atomic E-state index is 0. The Kier molecular flexibility index (Phi) is 14.4. The number of hydrogen-bond acceptors (Lipinski definition) is 3. The van der Waals surface area contributed by atoms with Gasteiger partial charge < -0.3 is 15.4 Å². The first-order chi connectivity index (χ1) is 11.2. The van der Waals surface area contributed by atoms with E-state index in [0.717, 1.165) is 55.3 Å². The lowest BCUT2D eigenvalue weighted by Gasteiger charge is -2.14. The number of methoxy groups -OCH3 is 1. The predicted molar refractivity (Wildman–Crippen MR) is 113 cm³/mol. The number of thioether (sulfide) groups is 1. The highest BCUT2D eigenvalue weighted by atomic mass is 127. The third-order valence-electron chi connectivity index (χ3n) is 3.46. The van der Waals surface area contributed by atoms with Gasteiger partial charge in [-0.3, -0.25) is 4.99 Å². The van der Waals surface area contributed by atoms with Crippen LogP contribution in [0.3, 0.4) is 0 Å². The molecule has 2 N–H and O–H groups in total. The van der Waals surface area contributed by atoms with Crippen molar-refractivity contribution < 1.29 is 9.13 Å². The van der Waals surface area contributed by atoms with Crippen molar-refractivity contribution in [1.82, 2.24) is 10.6 Å². The Balaban J connectivity index is 0.00000529. The molecule has 0 aliphatic heterocycles. The maximum atomic E-state index is 13.4. The van der Waals surface area contributed by atoms with E-state index in [4.69, 9.17) is 4.74 Å². The Hall–Kier alpha value is -0.540. The van der Waals surface area contributed by atoms with E-state index in [-0.39, 0.29) is 29.8 Å². The number of aliphatic imine (C=N–C) groups is 1. The molecule has 138 valence electrons. The molecule has 1 rings (SSSR count). The third-order valence-corrected chi connectivity index (χ3v) is 4.06. The largest absolute Gasteiger partial charge is 0.385 e. The van der Waals surface area contributed by atoms with E-state index in [1.165, 1.54) is 6.07 Å². The highest BCUT2D eigenvalue weighted by Crippen LogP contribution is 2.16. The van der Waals surface area contributed by atoms with Gasteiger partial charge in [0.25, 0.3) is 0 Å². The van der Waals surface area contributed by atoms with Crippen LogP contribution >= 0.6 is 35.7 Å². The molecule has 0 aliphatic carbocycles. The van der Waals surface area contributed by atoms with Gasteiger partial charge in [0.05, 0.1) is 0 Å². The minimum Gasteiger partial charge on any atom is -0.385 e. The number of guanidine groups is 1. The first-order valence-electron chi connectivity index (χ1n) is 7.91. The second kappa shape index (κ2) is 14.8. The SMILES string of the molecule is CN=C(NCCCCCOC)NCc1ccc(F)cc1CSC.I. The molecule has 1 aromatic rings. The smallest absolute Gasteiger partial charge is 0.191 e. The van der Waals surface area contributed by atoms with Gasteiger partial charge in [-0.05, 0) is 48.8 Å². The second-order valence-corrected chi connectivity index (χ2v) is 6.12. The van der Waals surface area contributed by atoms with Gasteiger partial charge in [-0.1, -0.05) is 6.07 Å². The zero-order chi connectivity index (χ0) is 16.9. The summed E-state index contributed by atoms with van der Waals surface area (Å²) in [4.78, 5) is 4.22. The fourth-order valence-corrected chi connectivity index (χ4v) is 2.79. The summed E-state index contributed by atoms with van der Waals surface area (Å²) < 4.78 is 18.4. The first kappa shape index (κ1) is 23.5. The summed E-state index contributed by atoms with van der Waals surface area (Å²) in [7, 11) is 3.48. The van der Waals surface area contributed by atoms with Crippen molar-refractivity contribution in [2.75, 3.05) is 33.6 Å². The topological polar surface area (TPSA) is 45.7 Å². The molecular weight excluding hydrogens is 440 g/mol. The van der Waals surface area contributed by atoms with Crippen LogP contribution < -0.4 is 10.6 Å². The van der Waals surface area contributed by atoms with E-state index >= 15 is 0 Å². The Bertz CT molecular complexity index is 489. The molecule has 7 heteroatoms. The average molecular weight is 469 g/mol. The van der Waals surface area contributed by atoms with E-state index in [1.807, 2.05) is 12.3 Å². The summed E-state index contributed by atoms with van der Waals surface area (Å²) in [5, 5.41) is 6.59. The van der Waals surface area contributed by atoms with E-state index in [2.05, 4.69) is 15.6 Å². The summed E-state index contributed by atoms with van der Waals surface area (Å²) >= 11 is 1.69. The monoisotopic (exact) mass is 469 g/mol. The van der Waals surface area contributed by atoms with Crippen molar-refractivity contribution in [1.29, 1.82) is 0 Å². The molecule has 0 spiro atoms. The fraction of sp³-hybridized carbons (Fsp3) is 0.588. The number of nitrogens with zero attached hydrogens (tertiary/aromatic N) is 1. The van der Waals surface area contributed by atoms with Gasteiger partial charge in [-0.25, -0.2) is 4.39 Å². The lowest BCUT2D eigenvalue weighted by molar-refractivity contribution is 0.192. The van der Waals surface area contributed by atoms with Gasteiger partial charge in [0.1, 0.15) is 5.82 Å². The van der Waals surface area contributed by atoms with Crippen LogP contribution in [0.25, 0.3) is 0 Å². The van der Waals surface area contributed by atoms with E-state index in [9.17, 15) is 4.39 Å². The lowest BCUT2D eigenvalue weighted by atomic mass is 10.1. The van der Waals surface area contributed by atoms with Gasteiger partial charge in [0.15, 0.2) is 5.96 Å². The molecule has 0 fully saturated rings. The van der Waals surface area contributed by atoms with Gasteiger partial charge in [0.2, 0.25) is 0 Å². The summed E-state index contributed by atoms with van der Waals surface area (Å²) in [5.41, 5.74) is 2.13. The quantitative estimate of drug-likeness (QED) is 0.237. The van der Waals surface area contributed by atoms with Crippen molar-refractivity contribution in [3.8, 4) is 0 Å². The van der Waals surface area contributed by atoms with Crippen LogP contribution in [-0.4, -0.2) is 39.5 Å². The van der Waals surface area contributed by atoms with Crippen LogP contribution in [0.4, 0.5) is 4.39 Å². The first-order valence-corrected chi connectivity index (χ1v) is 9.30. The highest BCUT2D eigenvalue weighted by molar-refractivity contribution is 14.0. The minimum atomic E-state index is -0.184. The van der Waals surface area contributed by atoms with Crippen LogP contribution in [0, 0.1) is 5.82 Å². The van der Waals surface area contributed by atoms with Gasteiger partial charge >= 0.3 is 0 Å². The van der Waals surface area contributed by atoms with Crippen molar-refractivity contribution in [3.05, 3.63) is 35.1 Å². The maximum Gasteiger partial charge on any atom is 0.191 e. The molecule has 0 aromatic heterocycles. The van der Waals surface area contributed by atoms with Crippen molar-refractivity contribution in [2.24, 2.45) is 4.99 Å². The van der Waals surface area contributed by atoms with Crippen molar-refractivity contribution >= 4 is 41.7 Å². The Morgan fingerprint density at radius 2 is 2.00 bits per heavy atom. The molecule has 0 bridgehead atoms. The molecule has 0 amide bonds. The standard InChI is InChI=1S/C17H28FN3OS.HI/c1-19-17(20-9-5-4-6-10-22-2)21-12-14-7-8-16(18)11-15(14)13-23-3;/h7-8,11H,4-6,9-10,12-13H2,1-3H3,(H2,19,20,21);1H.